The van der Waals surface area contributed by atoms with Gasteiger partial charge in [0.15, 0.2) is 17.2 Å². The highest BCUT2D eigenvalue weighted by atomic mass is 33.1. The van der Waals surface area contributed by atoms with Crippen LogP contribution in [0.4, 0.5) is 0 Å². The molecule has 1 aromatic heterocycles. The van der Waals surface area contributed by atoms with Crippen LogP contribution in [0, 0.1) is 28.6 Å². The molecule has 4 aliphatic carbocycles. The van der Waals surface area contributed by atoms with E-state index < -0.39 is 120 Å². The van der Waals surface area contributed by atoms with Gasteiger partial charge in [0.25, 0.3) is 5.97 Å². The lowest BCUT2D eigenvalue weighted by Gasteiger charge is -2.58. The zero-order valence-electron chi connectivity index (χ0n) is 59.8. The number of esters is 1. The first kappa shape index (κ1) is 82.0. The molecule has 0 bridgehead atoms. The van der Waals surface area contributed by atoms with Crippen LogP contribution in [0.3, 0.4) is 0 Å². The second kappa shape index (κ2) is 37.4. The Morgan fingerprint density at radius 3 is 1.93 bits per heavy atom. The molecule has 1 aliphatic heterocycles. The number of amides is 7. The van der Waals surface area contributed by atoms with Crippen LogP contribution >= 0.6 is 21.6 Å². The van der Waals surface area contributed by atoms with Gasteiger partial charge in [-0.15, -0.1) is 0 Å². The van der Waals surface area contributed by atoms with Crippen molar-refractivity contribution in [3.63, 3.8) is 0 Å². The summed E-state index contributed by atoms with van der Waals surface area (Å²) in [6.07, 6.45) is 9.04. The third-order valence-electron chi connectivity index (χ3n) is 20.7. The molecule has 16 atom stereocenters. The van der Waals surface area contributed by atoms with E-state index in [1.165, 1.54) is 31.9 Å². The summed E-state index contributed by atoms with van der Waals surface area (Å²) < 4.78 is 5.82. The Morgan fingerprint density at radius 2 is 1.31 bits per heavy atom. The van der Waals surface area contributed by atoms with Crippen molar-refractivity contribution in [3.8, 4) is 0 Å². The number of H-pyrrole nitrogens is 1. The van der Waals surface area contributed by atoms with Gasteiger partial charge in [-0.2, -0.15) is 0 Å². The maximum atomic E-state index is 14.7. The Kier molecular flexibility index (Phi) is 29.8. The van der Waals surface area contributed by atoms with Crippen molar-refractivity contribution in [3.05, 3.63) is 131 Å². The molecule has 7 amide bonds. The Balaban J connectivity index is 0.000000380. The fourth-order valence-electron chi connectivity index (χ4n) is 15.2. The van der Waals surface area contributed by atoms with Gasteiger partial charge in [-0.25, -0.2) is 0 Å². The van der Waals surface area contributed by atoms with E-state index in [9.17, 15) is 63.3 Å². The van der Waals surface area contributed by atoms with Crippen molar-refractivity contribution < 1.29 is 77.9 Å². The van der Waals surface area contributed by atoms with Crippen molar-refractivity contribution in [1.29, 1.82) is 0 Å². The van der Waals surface area contributed by atoms with E-state index in [0.29, 0.717) is 54.6 Å². The maximum Gasteiger partial charge on any atom is 0.303 e. The minimum Gasteiger partial charge on any atom is -0.481 e. The van der Waals surface area contributed by atoms with E-state index in [2.05, 4.69) is 69.0 Å². The molecular weight excluding hydrogens is 1360 g/mol. The number of aromatic nitrogens is 1. The molecule has 4 aromatic rings. The molecule has 9 rings (SSSR count). The zero-order valence-corrected chi connectivity index (χ0v) is 61.4. The first-order chi connectivity index (χ1) is 48.9. The molecule has 16 N–H and O–H groups in total. The van der Waals surface area contributed by atoms with Gasteiger partial charge in [0.2, 0.25) is 41.4 Å². The van der Waals surface area contributed by atoms with Crippen molar-refractivity contribution in [2.45, 2.75) is 199 Å². The topological polar surface area (TPSA) is 430 Å². The highest BCUT2D eigenvalue weighted by Gasteiger charge is 2.67. The molecule has 1 unspecified atom stereocenters. The van der Waals surface area contributed by atoms with Gasteiger partial charge in [0.1, 0.15) is 36.3 Å². The lowest BCUT2D eigenvalue weighted by atomic mass is 9.47. The molecule has 0 spiro atoms. The number of aliphatic carboxylic acids is 1. The lowest BCUT2D eigenvalue weighted by molar-refractivity contribution is -0.185. The number of unbranched alkanes of at least 4 members (excludes halogenated alkanes) is 1. The lowest BCUT2D eigenvalue weighted by Crippen LogP contribution is -2.62. The molecule has 560 valence electrons. The second-order valence-corrected chi connectivity index (χ2v) is 30.6. The van der Waals surface area contributed by atoms with Crippen LogP contribution in [0.15, 0.2) is 114 Å². The second-order valence-electron chi connectivity index (χ2n) is 28.0. The van der Waals surface area contributed by atoms with Gasteiger partial charge in [0.05, 0.1) is 30.9 Å². The summed E-state index contributed by atoms with van der Waals surface area (Å²) in [5.41, 5.74) is 16.2. The number of ketones is 2. The number of nitrogens with one attached hydrogen (secondary N) is 8. The molecule has 103 heavy (non-hydrogen) atoms. The Hall–Kier alpha value is -8.25. The highest BCUT2D eigenvalue weighted by Crippen LogP contribution is 2.68. The Morgan fingerprint density at radius 1 is 0.718 bits per heavy atom. The summed E-state index contributed by atoms with van der Waals surface area (Å²) in [6, 6.07) is 14.6. The van der Waals surface area contributed by atoms with Gasteiger partial charge in [-0.05, 0) is 150 Å². The molecule has 1 saturated heterocycles. The van der Waals surface area contributed by atoms with Crippen LogP contribution in [0.2, 0.25) is 0 Å². The maximum absolute atomic E-state index is 14.7. The highest BCUT2D eigenvalue weighted by molar-refractivity contribution is 8.76. The number of fused-ring (bicyclic) bond motifs is 6. The molecular formula is C75H102N10O16S2. The summed E-state index contributed by atoms with van der Waals surface area (Å²) in [4.78, 5) is 149. The van der Waals surface area contributed by atoms with Crippen LogP contribution in [0.25, 0.3) is 10.9 Å². The summed E-state index contributed by atoms with van der Waals surface area (Å²) in [5, 5.41) is 57.9. The fraction of sp³-hybridized carbons (Fsp3) is 0.533. The van der Waals surface area contributed by atoms with Gasteiger partial charge in [-0.3, -0.25) is 52.7 Å². The summed E-state index contributed by atoms with van der Waals surface area (Å²) in [5.74, 6) is -5.81. The number of carbonyl (C=O) groups is 11. The first-order valence-corrected chi connectivity index (χ1v) is 37.6. The number of Topliss-reactive ketones (excluding diaryl/α,β-unsaturated/α-hetero) is 1. The van der Waals surface area contributed by atoms with Gasteiger partial charge in [0, 0.05) is 67.1 Å². The monoisotopic (exact) mass is 1460 g/mol. The minimum absolute atomic E-state index is 0.0160. The van der Waals surface area contributed by atoms with Gasteiger partial charge in [-0.1, -0.05) is 126 Å². The number of hydrogen-bond donors (Lipinski definition) is 14. The predicted molar refractivity (Wildman–Crippen MR) is 392 cm³/mol. The average molecular weight is 1460 g/mol. The number of hydrogen-bond acceptors (Lipinski definition) is 19. The largest absolute Gasteiger partial charge is 0.481 e. The number of para-hydroxylation sites is 1. The standard InChI is InChI=1S/C49H66N10O10S2.C24H32O4.C2H4O2/c1-28(61)39(25-60)56-48(68)41-27-71-70-26-40(57-43(63)34(51)21-30-13-5-3-6-14-30)47(67)54-37(22-31-15-7-4-8-16-31)45(65)55-38(23-32-24-52-35-18-10-9-17-33(32)35)46(66)53-36(19-11-12-20-50)44(64)59-42(29(2)62)49(69)58-41;1-14-12-18-19(22(4)9-6-17(27)13-21(14)22)7-10-23(5)20(18)8-11-24(23,15(2)25)28-16(3)26;1-2(3)4/h3-10,13-18,24,28-29,34,36-42,52,60-62H,11-12,19-23,25-27,50-51H2,1-2H3,(H,53,66)(H,54,67)(H,55,65)(H,56,68)(H,57,63)(H,58,69)(H,59,64);12-13,18-20H,6-11H2,1-5H3;1H3,(H,3,4)/t28-,29?,34-,36+,37+,38-,39-,40+,41+,42+;18-,19+,20+,22-,23+,24+;/m11./s1. The number of allylic oxidation sites excluding steroid dienone is 4. The molecule has 3 fully saturated rings. The number of benzene rings is 3. The van der Waals surface area contributed by atoms with Crippen molar-refractivity contribution in [2.24, 2.45) is 40.1 Å². The number of nitrogens with two attached hydrogens (primary N) is 2. The number of rotatable bonds is 19. The number of carboxylic acids is 1. The summed E-state index contributed by atoms with van der Waals surface area (Å²) in [7, 11) is 2.06. The minimum atomic E-state index is -1.66. The molecule has 2 heterocycles. The SMILES string of the molecule is CC(=O)O.CC(=O)O[C@]1(C(C)=O)CC[C@H]2[C@@H]3C=C(C)C4=CC(=O)CC[C@]4(C)[C@H]3CC[C@@]21C.CC(O)[C@@H]1NC(=O)[C@H](CCCCN)NC(=O)[C@@H](Cc2c[nH]c3ccccc23)NC(=O)[C@H](Cc2ccccc2)NC(=O)[C@@H](NC(=O)[C@H](N)Cc2ccccc2)CSSC[C@@H](C(=O)N[C@H](CO)[C@@H](C)O)NC1=O. The van der Waals surface area contributed by atoms with Gasteiger partial charge >= 0.3 is 5.97 Å². The van der Waals surface area contributed by atoms with E-state index in [1.54, 1.807) is 67.7 Å². The Bertz CT molecular complexity index is 3740. The smallest absolute Gasteiger partial charge is 0.303 e. The Labute approximate surface area is 608 Å². The van der Waals surface area contributed by atoms with Crippen molar-refractivity contribution >= 4 is 97.3 Å². The van der Waals surface area contributed by atoms with Crippen molar-refractivity contribution in [1.82, 2.24) is 42.2 Å². The molecule has 26 nitrogen and oxygen atoms in total. The molecule has 5 aliphatic rings. The molecule has 28 heteroatoms. The van der Waals surface area contributed by atoms with Crippen LogP contribution in [-0.2, 0) is 76.7 Å². The van der Waals surface area contributed by atoms with Crippen LogP contribution in [0.5, 0.6) is 0 Å². The van der Waals surface area contributed by atoms with Crippen molar-refractivity contribution in [2.75, 3.05) is 24.7 Å². The van der Waals surface area contributed by atoms with Gasteiger partial charge < -0.3 is 78.8 Å². The first-order valence-electron chi connectivity index (χ1n) is 35.1. The molecule has 3 aromatic carbocycles. The number of aliphatic hydroxyl groups excluding tert-OH is 3. The fourth-order valence-corrected chi connectivity index (χ4v) is 17.5. The number of carbonyl (C=O) groups excluding carboxylic acids is 10. The molecule has 2 saturated carbocycles. The van der Waals surface area contributed by atoms with E-state index in [1.807, 2.05) is 36.4 Å². The summed E-state index contributed by atoms with van der Waals surface area (Å²) in [6.45, 7) is 12.9. The van der Waals surface area contributed by atoms with E-state index in [-0.39, 0.29) is 72.1 Å². The molecule has 0 radical (unpaired) electrons. The normalized spacial score (nSPS) is 28.1. The quantitative estimate of drug-likeness (QED) is 0.0360. The van der Waals surface area contributed by atoms with E-state index >= 15 is 0 Å². The number of ether oxygens (including phenoxy) is 1. The third kappa shape index (κ3) is 21.0. The van der Waals surface area contributed by atoms with Crippen LogP contribution in [0.1, 0.15) is 130 Å². The number of aliphatic hydroxyl groups is 3. The van der Waals surface area contributed by atoms with E-state index in [0.717, 1.165) is 70.7 Å². The number of carboxylic acid groups (broad SMARTS) is 1. The summed E-state index contributed by atoms with van der Waals surface area (Å²) >= 11 is 0. The predicted octanol–water partition coefficient (Wildman–Crippen LogP) is 3.86. The third-order valence-corrected chi connectivity index (χ3v) is 23.1. The average Bonchev–Trinajstić information content (AvgIpc) is 1.61. The van der Waals surface area contributed by atoms with Crippen LogP contribution < -0.4 is 48.7 Å². The van der Waals surface area contributed by atoms with Crippen LogP contribution in [-0.4, -0.2) is 181 Å². The zero-order chi connectivity index (χ0) is 75.5. The van der Waals surface area contributed by atoms with E-state index in [4.69, 9.17) is 26.1 Å². The number of aromatic amines is 1.